The van der Waals surface area contributed by atoms with Crippen LogP contribution in [0.5, 0.6) is 0 Å². The van der Waals surface area contributed by atoms with E-state index >= 15 is 0 Å². The highest BCUT2D eigenvalue weighted by molar-refractivity contribution is 5.93. The summed E-state index contributed by atoms with van der Waals surface area (Å²) < 4.78 is 5.81. The summed E-state index contributed by atoms with van der Waals surface area (Å²) in [5.41, 5.74) is 1.63. The Bertz CT molecular complexity index is 1010. The van der Waals surface area contributed by atoms with Gasteiger partial charge in [0.15, 0.2) is 5.60 Å². The van der Waals surface area contributed by atoms with Crippen LogP contribution in [-0.2, 0) is 11.3 Å². The van der Waals surface area contributed by atoms with Crippen LogP contribution in [0, 0.1) is 6.92 Å². The maximum Gasteiger partial charge on any atom is 0.410 e. The minimum atomic E-state index is -0.640. The van der Waals surface area contributed by atoms with E-state index in [1.807, 2.05) is 37.3 Å². The predicted octanol–water partition coefficient (Wildman–Crippen LogP) is 3.01. The number of aromatic nitrogens is 2. The summed E-state index contributed by atoms with van der Waals surface area (Å²) in [7, 11) is 0. The van der Waals surface area contributed by atoms with Crippen molar-refractivity contribution in [3.05, 3.63) is 53.3 Å². The molecule has 3 aliphatic rings. The number of benzene rings is 1. The number of piperidine rings is 1. The number of ether oxygens (including phenoxy) is 1. The fourth-order valence-corrected chi connectivity index (χ4v) is 4.91. The van der Waals surface area contributed by atoms with Crippen molar-refractivity contribution in [3.63, 3.8) is 0 Å². The second-order valence-electron chi connectivity index (χ2n) is 9.11. The van der Waals surface area contributed by atoms with Crippen LogP contribution in [0.4, 0.5) is 10.7 Å². The van der Waals surface area contributed by atoms with Crippen LogP contribution in [0.1, 0.15) is 47.4 Å². The van der Waals surface area contributed by atoms with E-state index in [9.17, 15) is 9.59 Å². The van der Waals surface area contributed by atoms with E-state index in [4.69, 9.17) is 4.74 Å². The zero-order valence-electron chi connectivity index (χ0n) is 18.5. The molecule has 0 aliphatic carbocycles. The number of hydrogen-bond acceptors (Lipinski definition) is 6. The molecule has 1 aromatic heterocycles. The van der Waals surface area contributed by atoms with Gasteiger partial charge >= 0.3 is 6.09 Å². The zero-order chi connectivity index (χ0) is 22.1. The summed E-state index contributed by atoms with van der Waals surface area (Å²) in [5.74, 6) is 0.520. The molecule has 5 rings (SSSR count). The molecule has 2 amide bonds. The summed E-state index contributed by atoms with van der Waals surface area (Å²) in [5, 5.41) is 0. The van der Waals surface area contributed by atoms with Crippen molar-refractivity contribution in [1.82, 2.24) is 19.8 Å². The Balaban J connectivity index is 1.28. The Morgan fingerprint density at radius 1 is 1.06 bits per heavy atom. The van der Waals surface area contributed by atoms with Gasteiger partial charge in [-0.15, -0.1) is 0 Å². The summed E-state index contributed by atoms with van der Waals surface area (Å²) >= 11 is 0. The molecular formula is C24H29N5O3. The molecule has 32 heavy (non-hydrogen) atoms. The third-order valence-corrected chi connectivity index (χ3v) is 6.56. The number of rotatable bonds is 4. The Morgan fingerprint density at radius 2 is 1.84 bits per heavy atom. The van der Waals surface area contributed by atoms with Crippen LogP contribution in [0.2, 0.25) is 0 Å². The molecule has 4 heterocycles. The van der Waals surface area contributed by atoms with Gasteiger partial charge in [0, 0.05) is 38.3 Å². The first-order valence-corrected chi connectivity index (χ1v) is 11.4. The molecule has 1 aromatic carbocycles. The maximum atomic E-state index is 13.3. The van der Waals surface area contributed by atoms with Gasteiger partial charge in [0.2, 0.25) is 5.95 Å². The molecule has 3 aliphatic heterocycles. The first kappa shape index (κ1) is 20.7. The van der Waals surface area contributed by atoms with Gasteiger partial charge in [0.25, 0.3) is 5.91 Å². The lowest BCUT2D eigenvalue weighted by molar-refractivity contribution is 0.0550. The molecule has 1 spiro atoms. The average molecular weight is 436 g/mol. The number of carbonyl (C=O) groups excluding carboxylic acids is 2. The van der Waals surface area contributed by atoms with Gasteiger partial charge < -0.3 is 14.5 Å². The number of amides is 2. The van der Waals surface area contributed by atoms with Gasteiger partial charge in [-0.3, -0.25) is 9.69 Å². The zero-order valence-corrected chi connectivity index (χ0v) is 18.5. The van der Waals surface area contributed by atoms with Gasteiger partial charge in [-0.05, 0) is 37.8 Å². The van der Waals surface area contributed by atoms with Crippen molar-refractivity contribution in [1.29, 1.82) is 0 Å². The van der Waals surface area contributed by atoms with Gasteiger partial charge in [-0.2, -0.15) is 0 Å². The van der Waals surface area contributed by atoms with Crippen molar-refractivity contribution >= 4 is 17.9 Å². The molecule has 8 heteroatoms. The van der Waals surface area contributed by atoms with Gasteiger partial charge in [-0.25, -0.2) is 14.8 Å². The highest BCUT2D eigenvalue weighted by atomic mass is 16.6. The molecule has 3 fully saturated rings. The molecule has 8 nitrogen and oxygen atoms in total. The van der Waals surface area contributed by atoms with Crippen molar-refractivity contribution in [2.45, 2.75) is 44.8 Å². The molecule has 0 unspecified atom stereocenters. The Labute approximate surface area is 188 Å². The number of nitrogens with zero attached hydrogens (tertiary/aromatic N) is 5. The minimum Gasteiger partial charge on any atom is -0.439 e. The Morgan fingerprint density at radius 3 is 2.62 bits per heavy atom. The van der Waals surface area contributed by atoms with Crippen molar-refractivity contribution in [2.24, 2.45) is 0 Å². The third kappa shape index (κ3) is 4.13. The number of anilines is 1. The van der Waals surface area contributed by atoms with Crippen LogP contribution in [0.15, 0.2) is 36.4 Å². The van der Waals surface area contributed by atoms with Gasteiger partial charge in [0.1, 0.15) is 5.69 Å². The molecule has 0 radical (unpaired) electrons. The van der Waals surface area contributed by atoms with Crippen molar-refractivity contribution in [3.8, 4) is 0 Å². The Kier molecular flexibility index (Phi) is 5.45. The van der Waals surface area contributed by atoms with Crippen LogP contribution >= 0.6 is 0 Å². The lowest BCUT2D eigenvalue weighted by Gasteiger charge is -2.27. The van der Waals surface area contributed by atoms with E-state index in [1.165, 1.54) is 6.42 Å². The summed E-state index contributed by atoms with van der Waals surface area (Å²) in [4.78, 5) is 40.6. The van der Waals surface area contributed by atoms with Gasteiger partial charge in [0.05, 0.1) is 13.1 Å². The van der Waals surface area contributed by atoms with Crippen LogP contribution < -0.4 is 4.90 Å². The number of aryl methyl sites for hydroxylation is 1. The second kappa shape index (κ2) is 8.41. The first-order chi connectivity index (χ1) is 15.5. The molecular weight excluding hydrogens is 406 g/mol. The standard InChI is InChI=1S/C24H29N5O3/c1-18-14-20(26-22(25-18)27-11-6-3-7-12-27)21(30)28-13-10-24(16-28)17-29(23(31)32-24)15-19-8-4-2-5-9-19/h2,4-5,8-9,14H,3,6-7,10-13,15-17H2,1H3/t24-/m1/s1. The highest BCUT2D eigenvalue weighted by Crippen LogP contribution is 2.34. The maximum absolute atomic E-state index is 13.3. The number of hydrogen-bond donors (Lipinski definition) is 0. The smallest absolute Gasteiger partial charge is 0.410 e. The van der Waals surface area contributed by atoms with E-state index < -0.39 is 5.60 Å². The molecule has 1 atom stereocenters. The van der Waals surface area contributed by atoms with Crippen LogP contribution in [-0.4, -0.2) is 70.1 Å². The molecule has 168 valence electrons. The third-order valence-electron chi connectivity index (χ3n) is 6.56. The fraction of sp³-hybridized carbons (Fsp3) is 0.500. The summed E-state index contributed by atoms with van der Waals surface area (Å²) in [6.45, 7) is 5.70. The SMILES string of the molecule is Cc1cc(C(=O)N2CC[C@]3(CN(Cc4ccccc4)C(=O)O3)C2)nc(N2CCCCC2)n1. The van der Waals surface area contributed by atoms with E-state index in [1.54, 1.807) is 15.9 Å². The first-order valence-electron chi connectivity index (χ1n) is 11.4. The largest absolute Gasteiger partial charge is 0.439 e. The van der Waals surface area contributed by atoms with Crippen molar-refractivity contribution in [2.75, 3.05) is 37.6 Å². The normalized spacial score (nSPS) is 23.2. The summed E-state index contributed by atoms with van der Waals surface area (Å²) in [6, 6.07) is 11.6. The number of carbonyl (C=O) groups is 2. The topological polar surface area (TPSA) is 78.9 Å². The lowest BCUT2D eigenvalue weighted by atomic mass is 10.0. The molecule has 2 aromatic rings. The fourth-order valence-electron chi connectivity index (χ4n) is 4.91. The monoisotopic (exact) mass is 435 g/mol. The predicted molar refractivity (Wildman–Crippen MR) is 119 cm³/mol. The molecule has 0 bridgehead atoms. The minimum absolute atomic E-state index is 0.122. The quantitative estimate of drug-likeness (QED) is 0.735. The average Bonchev–Trinajstić information content (AvgIpc) is 3.36. The van der Waals surface area contributed by atoms with Crippen LogP contribution in [0.3, 0.4) is 0 Å². The van der Waals surface area contributed by atoms with E-state index in [0.29, 0.717) is 44.2 Å². The Hall–Kier alpha value is -3.16. The van der Waals surface area contributed by atoms with E-state index in [-0.39, 0.29) is 12.0 Å². The van der Waals surface area contributed by atoms with Gasteiger partial charge in [-0.1, -0.05) is 30.3 Å². The second-order valence-corrected chi connectivity index (χ2v) is 9.11. The van der Waals surface area contributed by atoms with E-state index in [2.05, 4.69) is 14.9 Å². The van der Waals surface area contributed by atoms with Crippen molar-refractivity contribution < 1.29 is 14.3 Å². The molecule has 0 saturated carbocycles. The highest BCUT2D eigenvalue weighted by Gasteiger charge is 2.50. The molecule has 0 N–H and O–H groups in total. The molecule has 3 saturated heterocycles. The van der Waals surface area contributed by atoms with E-state index in [0.717, 1.165) is 37.2 Å². The number of likely N-dealkylation sites (tertiary alicyclic amines) is 1. The van der Waals surface area contributed by atoms with Crippen LogP contribution in [0.25, 0.3) is 0 Å². The lowest BCUT2D eigenvalue weighted by Crippen LogP contribution is -2.40. The summed E-state index contributed by atoms with van der Waals surface area (Å²) in [6.07, 6.45) is 3.80.